The van der Waals surface area contributed by atoms with Gasteiger partial charge in [0, 0.05) is 0 Å². The molecule has 0 bridgehead atoms. The Kier molecular flexibility index (Phi) is 4.51. The van der Waals surface area contributed by atoms with E-state index in [9.17, 15) is 0 Å². The smallest absolute Gasteiger partial charge is 0.00272 e. The van der Waals surface area contributed by atoms with Crippen LogP contribution in [-0.2, 0) is 12.8 Å². The van der Waals surface area contributed by atoms with Crippen molar-refractivity contribution < 1.29 is 0 Å². The predicted molar refractivity (Wildman–Crippen MR) is 113 cm³/mol. The van der Waals surface area contributed by atoms with Gasteiger partial charge in [-0.1, -0.05) is 99.2 Å². The second-order valence-corrected chi connectivity index (χ2v) is 7.49. The molecule has 1 aliphatic rings. The summed E-state index contributed by atoms with van der Waals surface area (Å²) in [7, 11) is 0. The summed E-state index contributed by atoms with van der Waals surface area (Å²) >= 11 is 0. The van der Waals surface area contributed by atoms with Gasteiger partial charge in [0.2, 0.25) is 0 Å². The molecule has 3 aromatic carbocycles. The Bertz CT molecular complexity index is 959. The van der Waals surface area contributed by atoms with Crippen molar-refractivity contribution in [2.75, 3.05) is 0 Å². The lowest BCUT2D eigenvalue weighted by Crippen LogP contribution is -1.96. The van der Waals surface area contributed by atoms with Gasteiger partial charge in [-0.05, 0) is 57.7 Å². The number of allylic oxidation sites excluding steroid dienone is 1. The predicted octanol–water partition coefficient (Wildman–Crippen LogP) is 7.18. The number of fused-ring (bicyclic) bond motifs is 1. The molecular formula is C26H26. The van der Waals surface area contributed by atoms with E-state index in [1.165, 1.54) is 38.9 Å². The Morgan fingerprint density at radius 2 is 1.54 bits per heavy atom. The fourth-order valence-corrected chi connectivity index (χ4v) is 4.03. The van der Waals surface area contributed by atoms with Gasteiger partial charge in [0.05, 0.1) is 0 Å². The Morgan fingerprint density at radius 1 is 0.808 bits per heavy atom. The highest BCUT2D eigenvalue weighted by molar-refractivity contribution is 5.93. The molecule has 130 valence electrons. The van der Waals surface area contributed by atoms with Crippen LogP contribution >= 0.6 is 0 Å². The Hall–Kier alpha value is -2.60. The van der Waals surface area contributed by atoms with Gasteiger partial charge in [-0.3, -0.25) is 0 Å². The third-order valence-electron chi connectivity index (χ3n) is 5.55. The summed E-state index contributed by atoms with van der Waals surface area (Å²) in [5, 5.41) is 0. The van der Waals surface area contributed by atoms with Crippen LogP contribution in [0.2, 0.25) is 0 Å². The van der Waals surface area contributed by atoms with Crippen LogP contribution < -0.4 is 0 Å². The van der Waals surface area contributed by atoms with Gasteiger partial charge in [-0.2, -0.15) is 0 Å². The molecule has 0 fully saturated rings. The molecule has 3 aromatic rings. The van der Waals surface area contributed by atoms with Crippen LogP contribution in [-0.4, -0.2) is 0 Å². The third kappa shape index (κ3) is 2.90. The maximum Gasteiger partial charge on any atom is -0.00272 e. The summed E-state index contributed by atoms with van der Waals surface area (Å²) in [6, 6.07) is 24.4. The molecule has 0 radical (unpaired) electrons. The van der Waals surface area contributed by atoms with Crippen LogP contribution in [0.1, 0.15) is 37.5 Å². The topological polar surface area (TPSA) is 0 Å². The lowest BCUT2D eigenvalue weighted by atomic mass is 9.86. The Labute approximate surface area is 157 Å². The van der Waals surface area contributed by atoms with Gasteiger partial charge in [-0.15, -0.1) is 0 Å². The fraction of sp³-hybridized carbons (Fsp3) is 0.231. The first-order chi connectivity index (χ1) is 12.7. The molecule has 0 amide bonds. The van der Waals surface area contributed by atoms with E-state index in [4.69, 9.17) is 0 Å². The van der Waals surface area contributed by atoms with Crippen molar-refractivity contribution in [1.82, 2.24) is 0 Å². The average molecular weight is 338 g/mol. The molecule has 0 spiro atoms. The average Bonchev–Trinajstić information content (AvgIpc) is 3.12. The van der Waals surface area contributed by atoms with E-state index in [0.29, 0.717) is 5.92 Å². The summed E-state index contributed by atoms with van der Waals surface area (Å²) in [6.07, 6.45) is 4.59. The second kappa shape index (κ2) is 6.96. The van der Waals surface area contributed by atoms with E-state index in [1.807, 2.05) is 0 Å². The number of hydrogen-bond acceptors (Lipinski definition) is 0. The first-order valence-electron chi connectivity index (χ1n) is 9.69. The Morgan fingerprint density at radius 3 is 2.27 bits per heavy atom. The maximum absolute atomic E-state index is 2.45. The molecule has 0 saturated carbocycles. The highest BCUT2D eigenvalue weighted by atomic mass is 14.3. The molecule has 0 aromatic heterocycles. The zero-order chi connectivity index (χ0) is 18.1. The zero-order valence-corrected chi connectivity index (χ0v) is 15.9. The van der Waals surface area contributed by atoms with Crippen molar-refractivity contribution in [2.45, 2.75) is 33.6 Å². The molecule has 0 nitrogen and oxygen atoms in total. The van der Waals surface area contributed by atoms with E-state index in [0.717, 1.165) is 12.8 Å². The van der Waals surface area contributed by atoms with Crippen LogP contribution in [0.3, 0.4) is 0 Å². The summed E-state index contributed by atoms with van der Waals surface area (Å²) in [4.78, 5) is 0. The van der Waals surface area contributed by atoms with E-state index in [2.05, 4.69) is 93.6 Å². The summed E-state index contributed by atoms with van der Waals surface area (Å²) in [5.41, 5.74) is 11.3. The summed E-state index contributed by atoms with van der Waals surface area (Å²) < 4.78 is 0. The molecule has 4 rings (SSSR count). The molecule has 0 unspecified atom stereocenters. The zero-order valence-electron chi connectivity index (χ0n) is 15.9. The standard InChI is InChI=1S/C26H26/c1-4-19-10-8-9-13-23(19)26-24(20-11-6-5-7-12-20)15-14-21-16-22(18(2)3)17-25(21)26/h5-15,17-18H,4,16H2,1-3H3. The SMILES string of the molecule is CCc1ccccc1-c1c(-c2ccccc2)ccc2c1C=C(C(C)C)C2. The van der Waals surface area contributed by atoms with Gasteiger partial charge in [0.1, 0.15) is 0 Å². The number of hydrogen-bond donors (Lipinski definition) is 0. The molecule has 0 N–H and O–H groups in total. The van der Waals surface area contributed by atoms with Crippen molar-refractivity contribution in [2.24, 2.45) is 5.92 Å². The van der Waals surface area contributed by atoms with Gasteiger partial charge < -0.3 is 0 Å². The molecule has 0 atom stereocenters. The Balaban J connectivity index is 2.02. The van der Waals surface area contributed by atoms with Crippen LogP contribution in [0.4, 0.5) is 0 Å². The van der Waals surface area contributed by atoms with Crippen LogP contribution in [0.15, 0.2) is 72.3 Å². The molecule has 1 aliphatic carbocycles. The minimum Gasteiger partial charge on any atom is -0.0626 e. The third-order valence-corrected chi connectivity index (χ3v) is 5.55. The molecule has 0 aliphatic heterocycles. The van der Waals surface area contributed by atoms with E-state index in [-0.39, 0.29) is 0 Å². The molecule has 0 heteroatoms. The van der Waals surface area contributed by atoms with E-state index in [1.54, 1.807) is 5.57 Å². The molecular weight excluding hydrogens is 312 g/mol. The minimum absolute atomic E-state index is 0.594. The highest BCUT2D eigenvalue weighted by Crippen LogP contribution is 2.43. The van der Waals surface area contributed by atoms with E-state index >= 15 is 0 Å². The second-order valence-electron chi connectivity index (χ2n) is 7.49. The van der Waals surface area contributed by atoms with Crippen molar-refractivity contribution in [3.8, 4) is 22.3 Å². The summed E-state index contributed by atoms with van der Waals surface area (Å²) in [6.45, 7) is 6.85. The fourth-order valence-electron chi connectivity index (χ4n) is 4.03. The highest BCUT2D eigenvalue weighted by Gasteiger charge is 2.22. The molecule has 26 heavy (non-hydrogen) atoms. The number of rotatable bonds is 4. The monoisotopic (exact) mass is 338 g/mol. The van der Waals surface area contributed by atoms with Gasteiger partial charge in [0.25, 0.3) is 0 Å². The van der Waals surface area contributed by atoms with Crippen molar-refractivity contribution in [3.05, 3.63) is 89.0 Å². The number of aryl methyl sites for hydroxylation is 1. The number of benzene rings is 3. The van der Waals surface area contributed by atoms with Crippen molar-refractivity contribution in [3.63, 3.8) is 0 Å². The molecule has 0 heterocycles. The first kappa shape index (κ1) is 16.8. The molecule has 0 saturated heterocycles. The van der Waals surface area contributed by atoms with Crippen LogP contribution in [0, 0.1) is 5.92 Å². The lowest BCUT2D eigenvalue weighted by Gasteiger charge is -2.17. The first-order valence-corrected chi connectivity index (χ1v) is 9.69. The van der Waals surface area contributed by atoms with Gasteiger partial charge >= 0.3 is 0 Å². The van der Waals surface area contributed by atoms with Crippen LogP contribution in [0.25, 0.3) is 28.3 Å². The van der Waals surface area contributed by atoms with Crippen molar-refractivity contribution in [1.29, 1.82) is 0 Å². The quantitative estimate of drug-likeness (QED) is 0.472. The van der Waals surface area contributed by atoms with E-state index < -0.39 is 0 Å². The summed E-state index contributed by atoms with van der Waals surface area (Å²) in [5.74, 6) is 0.594. The van der Waals surface area contributed by atoms with Gasteiger partial charge in [-0.25, -0.2) is 0 Å². The van der Waals surface area contributed by atoms with Crippen molar-refractivity contribution >= 4 is 6.08 Å². The minimum atomic E-state index is 0.594. The van der Waals surface area contributed by atoms with Gasteiger partial charge in [0.15, 0.2) is 0 Å². The van der Waals surface area contributed by atoms with Crippen LogP contribution in [0.5, 0.6) is 0 Å². The largest absolute Gasteiger partial charge is 0.0626 e. The normalized spacial score (nSPS) is 13.0. The maximum atomic E-state index is 2.45. The lowest BCUT2D eigenvalue weighted by molar-refractivity contribution is 0.754.